The van der Waals surface area contributed by atoms with Crippen molar-refractivity contribution in [1.82, 2.24) is 0 Å². The van der Waals surface area contributed by atoms with Gasteiger partial charge in [-0.2, -0.15) is 0 Å². The topological polar surface area (TPSA) is 84.8 Å². The zero-order valence-electron chi connectivity index (χ0n) is 29.6. The van der Waals surface area contributed by atoms with Crippen molar-refractivity contribution in [1.29, 1.82) is 0 Å². The van der Waals surface area contributed by atoms with Gasteiger partial charge in [0, 0.05) is 36.8 Å². The highest BCUT2D eigenvalue weighted by Gasteiger charge is 2.34. The highest BCUT2D eigenvalue weighted by molar-refractivity contribution is 5.57. The van der Waals surface area contributed by atoms with Crippen molar-refractivity contribution < 1.29 is 38.3 Å². The second-order valence-corrected chi connectivity index (χ2v) is 12.7. The zero-order chi connectivity index (χ0) is 36.2. The highest BCUT2D eigenvalue weighted by atomic mass is 16.7. The minimum atomic E-state index is -0.924. The van der Waals surface area contributed by atoms with Crippen molar-refractivity contribution in [3.05, 3.63) is 179 Å². The number of aliphatic hydroxyl groups is 1. The van der Waals surface area contributed by atoms with Crippen molar-refractivity contribution in [2.24, 2.45) is 0 Å². The summed E-state index contributed by atoms with van der Waals surface area (Å²) in [5, 5.41) is 11.8. The second kappa shape index (κ2) is 17.5. The smallest absolute Gasteiger partial charge is 0.203 e. The molecule has 0 aliphatic carbocycles. The minimum Gasteiger partial charge on any atom is -0.488 e. The molecule has 1 N–H and O–H groups in total. The molecule has 1 heterocycles. The quantitative estimate of drug-likeness (QED) is 0.0997. The van der Waals surface area contributed by atoms with Crippen molar-refractivity contribution >= 4 is 0 Å². The van der Waals surface area contributed by atoms with Gasteiger partial charge in [0.2, 0.25) is 5.75 Å². The van der Waals surface area contributed by atoms with E-state index in [0.29, 0.717) is 66.5 Å². The van der Waals surface area contributed by atoms with E-state index in [1.165, 1.54) is 0 Å². The van der Waals surface area contributed by atoms with E-state index in [-0.39, 0.29) is 13.2 Å². The van der Waals surface area contributed by atoms with Gasteiger partial charge in [-0.1, -0.05) is 121 Å². The highest BCUT2D eigenvalue weighted by Crippen LogP contribution is 2.47. The van der Waals surface area contributed by atoms with Crippen LogP contribution < -0.4 is 28.4 Å². The van der Waals surface area contributed by atoms with Gasteiger partial charge in [0.1, 0.15) is 43.7 Å². The Balaban J connectivity index is 1.25. The molecule has 0 saturated carbocycles. The van der Waals surface area contributed by atoms with Crippen LogP contribution in [0.1, 0.15) is 39.5 Å². The van der Waals surface area contributed by atoms with E-state index in [2.05, 4.69) is 0 Å². The van der Waals surface area contributed by atoms with E-state index in [0.717, 1.165) is 27.8 Å². The van der Waals surface area contributed by atoms with Gasteiger partial charge in [0.25, 0.3) is 0 Å². The fourth-order valence-electron chi connectivity index (χ4n) is 6.12. The van der Waals surface area contributed by atoms with E-state index < -0.39 is 12.2 Å². The summed E-state index contributed by atoms with van der Waals surface area (Å²) in [5.74, 6) is 3.03. The fourth-order valence-corrected chi connectivity index (χ4v) is 6.12. The first kappa shape index (κ1) is 35.4. The molecule has 8 nitrogen and oxygen atoms in total. The lowest BCUT2D eigenvalue weighted by atomic mass is 9.93. The van der Waals surface area contributed by atoms with Gasteiger partial charge >= 0.3 is 0 Å². The maximum absolute atomic E-state index is 11.8. The van der Waals surface area contributed by atoms with E-state index in [1.54, 1.807) is 19.2 Å². The molecule has 0 fully saturated rings. The molecule has 8 heteroatoms. The standard InChI is InChI=1S/C45H42O8/c1-47-31-52-37-24-40(48-27-32-14-6-2-7-15-32)38-26-39(46)44(53-41(38)25-37)36-22-42(49-28-33-16-8-3-9-17-33)45(51-30-35-20-12-5-13-21-35)43(23-36)50-29-34-18-10-4-11-19-34/h2-25,39,44,46H,26-31H2,1H3. The van der Waals surface area contributed by atoms with E-state index in [4.69, 9.17) is 33.2 Å². The second-order valence-electron chi connectivity index (χ2n) is 12.7. The fraction of sp³-hybridized carbons (Fsp3) is 0.200. The predicted molar refractivity (Wildman–Crippen MR) is 202 cm³/mol. The Hall–Kier alpha value is -5.96. The Bertz CT molecular complexity index is 1970. The van der Waals surface area contributed by atoms with Crippen LogP contribution in [0.4, 0.5) is 0 Å². The van der Waals surface area contributed by atoms with Crippen LogP contribution in [0.25, 0.3) is 0 Å². The first-order valence-corrected chi connectivity index (χ1v) is 17.6. The molecule has 1 aliphatic rings. The van der Waals surface area contributed by atoms with Crippen LogP contribution in [0.5, 0.6) is 34.5 Å². The van der Waals surface area contributed by atoms with E-state index in [1.807, 2.05) is 133 Å². The number of benzene rings is 6. The van der Waals surface area contributed by atoms with Crippen LogP contribution in [0.15, 0.2) is 146 Å². The number of methoxy groups -OCH3 is 1. The number of aliphatic hydroxyl groups excluding tert-OH is 1. The summed E-state index contributed by atoms with van der Waals surface area (Å²) in [5.41, 5.74) is 5.41. The summed E-state index contributed by atoms with van der Waals surface area (Å²) in [7, 11) is 1.57. The summed E-state index contributed by atoms with van der Waals surface area (Å²) in [6.07, 6.45) is -1.42. The average molecular weight is 711 g/mol. The number of rotatable bonds is 16. The molecule has 7 rings (SSSR count). The SMILES string of the molecule is COCOc1cc(OCc2ccccc2)c2c(c1)OC(c1cc(OCc3ccccc3)c(OCc3ccccc3)c(OCc3ccccc3)c1)C(O)C2. The summed E-state index contributed by atoms with van der Waals surface area (Å²) in [6, 6.07) is 47.1. The van der Waals surface area contributed by atoms with Crippen LogP contribution in [0.3, 0.4) is 0 Å². The van der Waals surface area contributed by atoms with Gasteiger partial charge < -0.3 is 38.3 Å². The molecule has 1 aliphatic heterocycles. The third-order valence-corrected chi connectivity index (χ3v) is 8.81. The molecular weight excluding hydrogens is 668 g/mol. The summed E-state index contributed by atoms with van der Waals surface area (Å²) in [4.78, 5) is 0. The van der Waals surface area contributed by atoms with Crippen LogP contribution in [-0.2, 0) is 37.6 Å². The molecule has 2 unspecified atom stereocenters. The minimum absolute atomic E-state index is 0.0532. The Morgan fingerprint density at radius 3 is 1.47 bits per heavy atom. The average Bonchev–Trinajstić information content (AvgIpc) is 3.21. The molecule has 0 radical (unpaired) electrons. The van der Waals surface area contributed by atoms with Crippen molar-refractivity contribution in [2.75, 3.05) is 13.9 Å². The molecular formula is C45H42O8. The van der Waals surface area contributed by atoms with Gasteiger partial charge in [-0.25, -0.2) is 0 Å². The number of hydrogen-bond donors (Lipinski definition) is 1. The van der Waals surface area contributed by atoms with Gasteiger partial charge in [-0.15, -0.1) is 0 Å². The van der Waals surface area contributed by atoms with Gasteiger partial charge in [-0.05, 0) is 34.4 Å². The maximum Gasteiger partial charge on any atom is 0.203 e. The lowest BCUT2D eigenvalue weighted by Crippen LogP contribution is -2.31. The lowest BCUT2D eigenvalue weighted by Gasteiger charge is -2.33. The Morgan fingerprint density at radius 1 is 0.547 bits per heavy atom. The lowest BCUT2D eigenvalue weighted by molar-refractivity contribution is 0.0181. The molecule has 0 aromatic heterocycles. The summed E-state index contributed by atoms with van der Waals surface area (Å²) < 4.78 is 43.5. The summed E-state index contributed by atoms with van der Waals surface area (Å²) in [6.45, 7) is 1.29. The van der Waals surface area contributed by atoms with Gasteiger partial charge in [0.05, 0.1) is 6.10 Å². The zero-order valence-corrected chi connectivity index (χ0v) is 29.6. The molecule has 0 saturated heterocycles. The van der Waals surface area contributed by atoms with E-state index >= 15 is 0 Å². The predicted octanol–water partition coefficient (Wildman–Crippen LogP) is 9.02. The third kappa shape index (κ3) is 9.29. The van der Waals surface area contributed by atoms with Crippen molar-refractivity contribution in [3.8, 4) is 34.5 Å². The van der Waals surface area contributed by atoms with Gasteiger partial charge in [-0.3, -0.25) is 0 Å². The summed E-state index contributed by atoms with van der Waals surface area (Å²) >= 11 is 0. The van der Waals surface area contributed by atoms with Crippen LogP contribution in [0.2, 0.25) is 0 Å². The first-order valence-electron chi connectivity index (χ1n) is 17.6. The number of hydrogen-bond acceptors (Lipinski definition) is 8. The molecule has 6 aromatic carbocycles. The van der Waals surface area contributed by atoms with Crippen LogP contribution in [-0.4, -0.2) is 25.1 Å². The molecule has 0 amide bonds. The van der Waals surface area contributed by atoms with E-state index in [9.17, 15) is 5.11 Å². The Labute approximate surface area is 310 Å². The van der Waals surface area contributed by atoms with Crippen molar-refractivity contribution in [3.63, 3.8) is 0 Å². The number of ether oxygens (including phenoxy) is 7. The largest absolute Gasteiger partial charge is 0.488 e. The number of fused-ring (bicyclic) bond motifs is 1. The normalized spacial score (nSPS) is 14.8. The van der Waals surface area contributed by atoms with Crippen molar-refractivity contribution in [2.45, 2.75) is 45.1 Å². The van der Waals surface area contributed by atoms with Gasteiger partial charge in [0.15, 0.2) is 24.4 Å². The molecule has 53 heavy (non-hydrogen) atoms. The Morgan fingerprint density at radius 2 is 1.00 bits per heavy atom. The monoisotopic (exact) mass is 710 g/mol. The third-order valence-electron chi connectivity index (χ3n) is 8.81. The first-order chi connectivity index (χ1) is 26.1. The molecule has 2 atom stereocenters. The van der Waals surface area contributed by atoms with Crippen LogP contribution >= 0.6 is 0 Å². The molecule has 0 spiro atoms. The molecule has 0 bridgehead atoms. The van der Waals surface area contributed by atoms with Crippen LogP contribution in [0, 0.1) is 0 Å². The molecule has 6 aromatic rings. The maximum atomic E-state index is 11.8. The Kier molecular flexibility index (Phi) is 11.7. The molecule has 270 valence electrons.